The number of phosphoric acid groups is 1. The van der Waals surface area contributed by atoms with Gasteiger partial charge in [-0.15, -0.1) is 0 Å². The van der Waals surface area contributed by atoms with Gasteiger partial charge in [0.25, 0.3) is 0 Å². The summed E-state index contributed by atoms with van der Waals surface area (Å²) in [4.78, 5) is 21.6. The quantitative estimate of drug-likeness (QED) is 0.366. The van der Waals surface area contributed by atoms with Crippen LogP contribution in [0.2, 0.25) is 5.02 Å². The summed E-state index contributed by atoms with van der Waals surface area (Å²) in [6.07, 6.45) is 11.7. The van der Waals surface area contributed by atoms with Crippen molar-refractivity contribution in [2.24, 2.45) is 0 Å². The average Bonchev–Trinajstić information content (AvgIpc) is 2.14. The first kappa shape index (κ1) is 19.1. The fourth-order valence-electron chi connectivity index (χ4n) is 1.31. The van der Waals surface area contributed by atoms with E-state index in [1.54, 1.807) is 0 Å². The minimum Gasteiger partial charge on any atom is -0.303 e. The molecule has 0 bridgehead atoms. The van der Waals surface area contributed by atoms with E-state index in [0.29, 0.717) is 0 Å². The van der Waals surface area contributed by atoms with Crippen LogP contribution in [0.3, 0.4) is 0 Å². The van der Waals surface area contributed by atoms with Crippen molar-refractivity contribution in [3.05, 3.63) is 0 Å². The zero-order valence-corrected chi connectivity index (χ0v) is 14.1. The average molecular weight is 305 g/mol. The van der Waals surface area contributed by atoms with Gasteiger partial charge in [0.2, 0.25) is 0 Å². The van der Waals surface area contributed by atoms with Crippen molar-refractivity contribution in [2.45, 2.75) is 63.3 Å². The molecule has 0 unspecified atom stereocenters. The Morgan fingerprint density at radius 2 is 1.19 bits per heavy atom. The second-order valence-corrected chi connectivity index (χ2v) is 6.35. The second kappa shape index (κ2) is 13.8. The summed E-state index contributed by atoms with van der Waals surface area (Å²) in [7, 11) is -4.64. The van der Waals surface area contributed by atoms with Gasteiger partial charge in [0.15, 0.2) is 0 Å². The Hall–Kier alpha value is 0.733. The maximum absolute atomic E-state index is 8.88. The Balaban J connectivity index is 0. The Morgan fingerprint density at radius 3 is 1.50 bits per heavy atom. The fraction of sp³-hybridized carbons (Fsp3) is 1.00. The maximum Gasteiger partial charge on any atom is 0.466 e. The van der Waals surface area contributed by atoms with Crippen LogP contribution in [0.25, 0.3) is 0 Å². The molecule has 0 aromatic rings. The van der Waals surface area contributed by atoms with Crippen molar-refractivity contribution in [3.63, 3.8) is 0 Å². The van der Waals surface area contributed by atoms with E-state index >= 15 is 0 Å². The van der Waals surface area contributed by atoms with E-state index in [-0.39, 0.29) is 0 Å². The van der Waals surface area contributed by atoms with Crippen LogP contribution in [-0.2, 0) is 22.9 Å². The number of rotatable bonds is 8. The summed E-state index contributed by atoms with van der Waals surface area (Å²) < 4.78 is 8.88. The van der Waals surface area contributed by atoms with Crippen LogP contribution < -0.4 is 0 Å². The Morgan fingerprint density at radius 1 is 0.875 bits per heavy atom. The second-order valence-electron chi connectivity index (χ2n) is 3.84. The van der Waals surface area contributed by atoms with Crippen molar-refractivity contribution < 1.29 is 37.5 Å². The Labute approximate surface area is 109 Å². The minimum absolute atomic E-state index is 1.38. The first-order valence-corrected chi connectivity index (χ1v) is 9.65. The van der Waals surface area contributed by atoms with Gasteiger partial charge in [-0.05, 0) is 0 Å². The van der Waals surface area contributed by atoms with Crippen molar-refractivity contribution in [1.29, 1.82) is 0 Å². The molecule has 0 saturated heterocycles. The van der Waals surface area contributed by atoms with Gasteiger partial charge in [0, 0.05) is 0 Å². The van der Waals surface area contributed by atoms with Gasteiger partial charge >= 0.3 is 89.4 Å². The molecule has 4 nitrogen and oxygen atoms in total. The summed E-state index contributed by atoms with van der Waals surface area (Å²) in [5.74, 6) is 0. The van der Waals surface area contributed by atoms with Crippen molar-refractivity contribution in [3.8, 4) is 0 Å². The van der Waals surface area contributed by atoms with E-state index in [4.69, 9.17) is 19.2 Å². The Bertz CT molecular complexity index is 156. The molecule has 0 radical (unpaired) electrons. The normalized spacial score (nSPS) is 10.9. The van der Waals surface area contributed by atoms with Gasteiger partial charge in [-0.1, -0.05) is 0 Å². The summed E-state index contributed by atoms with van der Waals surface area (Å²) in [5.41, 5.74) is 0. The molecule has 0 saturated carbocycles. The van der Waals surface area contributed by atoms with E-state index < -0.39 is 7.82 Å². The molecule has 0 rings (SSSR count). The molecule has 0 aliphatic rings. The van der Waals surface area contributed by atoms with Crippen LogP contribution >= 0.6 is 7.82 Å². The number of hydrogen-bond acceptors (Lipinski definition) is 1. The van der Waals surface area contributed by atoms with Crippen LogP contribution in [0, 0.1) is 0 Å². The Kier molecular flexibility index (Phi) is 16.5. The molecule has 0 aliphatic carbocycles. The predicted molar refractivity (Wildman–Crippen MR) is 61.7 cm³/mol. The monoisotopic (exact) mass is 303 g/mol. The predicted octanol–water partition coefficient (Wildman–Crippen LogP) is 3.16. The SMILES string of the molecule is CCCCCCCCC[CH2][Zn].O=P(O)(O)O. The molecule has 0 aliphatic heterocycles. The molecule has 0 heterocycles. The van der Waals surface area contributed by atoms with E-state index in [2.05, 4.69) is 6.92 Å². The molecule has 0 atom stereocenters. The molecular weight excluding hydrogens is 280 g/mol. The fourth-order valence-corrected chi connectivity index (χ4v) is 2.05. The molecule has 3 N–H and O–H groups in total. The molecule has 16 heavy (non-hydrogen) atoms. The molecular formula is C10H24O4PZn. The van der Waals surface area contributed by atoms with Crippen molar-refractivity contribution >= 4 is 7.82 Å². The summed E-state index contributed by atoms with van der Waals surface area (Å²) in [6, 6.07) is 0. The topological polar surface area (TPSA) is 77.8 Å². The zero-order valence-electron chi connectivity index (χ0n) is 10.3. The minimum atomic E-state index is -4.64. The molecule has 95 valence electrons. The summed E-state index contributed by atoms with van der Waals surface area (Å²) in [5, 5.41) is 1.50. The third-order valence-electron chi connectivity index (χ3n) is 2.10. The third kappa shape index (κ3) is 36.4. The molecule has 6 heteroatoms. The number of hydrogen-bond donors (Lipinski definition) is 3. The van der Waals surface area contributed by atoms with E-state index in [9.17, 15) is 0 Å². The first-order valence-electron chi connectivity index (χ1n) is 5.99. The zero-order chi connectivity index (χ0) is 12.9. The van der Waals surface area contributed by atoms with E-state index in [1.807, 2.05) is 0 Å². The number of unbranched alkanes of at least 4 members (excludes halogenated alkanes) is 7. The standard InChI is InChI=1S/C10H21.H3O4P.Zn/c1-3-5-7-9-10-8-6-4-2;1-5(2,3)4;/h1,3-10H2,2H3;(H3,1,2,3,4);. The van der Waals surface area contributed by atoms with E-state index in [0.717, 1.165) is 0 Å². The molecule has 0 aromatic carbocycles. The van der Waals surface area contributed by atoms with Crippen LogP contribution in [0.5, 0.6) is 0 Å². The van der Waals surface area contributed by atoms with Gasteiger partial charge in [-0.25, -0.2) is 4.57 Å². The van der Waals surface area contributed by atoms with Crippen molar-refractivity contribution in [1.82, 2.24) is 0 Å². The summed E-state index contributed by atoms with van der Waals surface area (Å²) >= 11 is 1.50. The van der Waals surface area contributed by atoms with Gasteiger partial charge in [0.05, 0.1) is 0 Å². The van der Waals surface area contributed by atoms with Crippen LogP contribution in [0.4, 0.5) is 0 Å². The molecule has 0 amide bonds. The van der Waals surface area contributed by atoms with Crippen molar-refractivity contribution in [2.75, 3.05) is 0 Å². The summed E-state index contributed by atoms with van der Waals surface area (Å²) in [6.45, 7) is 2.28. The van der Waals surface area contributed by atoms with Crippen LogP contribution in [0.1, 0.15) is 58.3 Å². The van der Waals surface area contributed by atoms with Crippen LogP contribution in [-0.4, -0.2) is 14.7 Å². The largest absolute Gasteiger partial charge is 0.466 e. The van der Waals surface area contributed by atoms with Gasteiger partial charge in [0.1, 0.15) is 0 Å². The van der Waals surface area contributed by atoms with Gasteiger partial charge < -0.3 is 14.7 Å². The molecule has 0 aromatic heterocycles. The van der Waals surface area contributed by atoms with Gasteiger partial charge in [-0.3, -0.25) is 0 Å². The van der Waals surface area contributed by atoms with Gasteiger partial charge in [-0.2, -0.15) is 0 Å². The smallest absolute Gasteiger partial charge is 0.303 e. The maximum atomic E-state index is 8.88. The third-order valence-corrected chi connectivity index (χ3v) is 3.15. The first-order chi connectivity index (χ1) is 7.41. The molecule has 0 spiro atoms. The van der Waals surface area contributed by atoms with E-state index in [1.165, 1.54) is 74.7 Å². The molecule has 0 fully saturated rings. The van der Waals surface area contributed by atoms with Crippen LogP contribution in [0.15, 0.2) is 0 Å².